The topological polar surface area (TPSA) is 52.6 Å². The summed E-state index contributed by atoms with van der Waals surface area (Å²) in [4.78, 5) is 22.1. The van der Waals surface area contributed by atoms with Crippen LogP contribution in [0, 0.1) is 0 Å². The lowest BCUT2D eigenvalue weighted by Gasteiger charge is -2.07. The molecule has 120 valence electrons. The van der Waals surface area contributed by atoms with Crippen molar-refractivity contribution in [2.24, 2.45) is 0 Å². The van der Waals surface area contributed by atoms with Crippen molar-refractivity contribution >= 4 is 11.9 Å². The van der Waals surface area contributed by atoms with E-state index >= 15 is 0 Å². The summed E-state index contributed by atoms with van der Waals surface area (Å²) in [6, 6.07) is 0. The van der Waals surface area contributed by atoms with Crippen LogP contribution in [0.3, 0.4) is 0 Å². The zero-order valence-corrected chi connectivity index (χ0v) is 13.2. The molecule has 0 N–H and O–H groups in total. The summed E-state index contributed by atoms with van der Waals surface area (Å²) < 4.78 is 9.80. The Kier molecular flexibility index (Phi) is 8.79. The van der Waals surface area contributed by atoms with Crippen LogP contribution in [0.4, 0.5) is 0 Å². The Morgan fingerprint density at radius 1 is 1.14 bits per heavy atom. The second-order valence-corrected chi connectivity index (χ2v) is 5.78. The van der Waals surface area contributed by atoms with Crippen molar-refractivity contribution in [2.75, 3.05) is 7.11 Å². The molecule has 4 nitrogen and oxygen atoms in total. The number of hydrogen-bond acceptors (Lipinski definition) is 4. The Labute approximate surface area is 127 Å². The third kappa shape index (κ3) is 7.88. The van der Waals surface area contributed by atoms with Crippen molar-refractivity contribution in [3.63, 3.8) is 0 Å². The molecule has 0 radical (unpaired) electrons. The second-order valence-electron chi connectivity index (χ2n) is 5.78. The van der Waals surface area contributed by atoms with Gasteiger partial charge in [-0.15, -0.1) is 0 Å². The molecule has 1 aliphatic rings. The van der Waals surface area contributed by atoms with Gasteiger partial charge >= 0.3 is 11.9 Å². The fourth-order valence-electron chi connectivity index (χ4n) is 2.60. The van der Waals surface area contributed by atoms with Gasteiger partial charge in [-0.1, -0.05) is 45.1 Å². The molecule has 0 spiro atoms. The predicted molar refractivity (Wildman–Crippen MR) is 81.8 cm³/mol. The number of carbonyl (C=O) groups is 2. The number of ether oxygens (including phenoxy) is 2. The molecule has 1 fully saturated rings. The number of methoxy groups -OCH3 is 1. The van der Waals surface area contributed by atoms with Gasteiger partial charge in [-0.3, -0.25) is 4.79 Å². The second kappa shape index (κ2) is 10.4. The van der Waals surface area contributed by atoms with Gasteiger partial charge in [-0.25, -0.2) is 4.79 Å². The largest absolute Gasteiger partial charge is 0.469 e. The molecule has 1 rings (SSSR count). The first-order chi connectivity index (χ1) is 10.1. The third-order valence-electron chi connectivity index (χ3n) is 3.92. The number of rotatable bonds is 11. The number of esters is 2. The summed E-state index contributed by atoms with van der Waals surface area (Å²) in [6.45, 7) is 3.69. The van der Waals surface area contributed by atoms with Gasteiger partial charge in [-0.05, 0) is 19.3 Å². The van der Waals surface area contributed by atoms with Gasteiger partial charge in [0.25, 0.3) is 0 Å². The highest BCUT2D eigenvalue weighted by molar-refractivity contribution is 5.89. The molecule has 4 heteroatoms. The van der Waals surface area contributed by atoms with E-state index in [0.29, 0.717) is 18.4 Å². The average molecular weight is 296 g/mol. The molecule has 0 aromatic carbocycles. The quantitative estimate of drug-likeness (QED) is 0.329. The van der Waals surface area contributed by atoms with E-state index in [1.807, 2.05) is 0 Å². The van der Waals surface area contributed by atoms with Gasteiger partial charge in [0.1, 0.15) is 6.10 Å². The van der Waals surface area contributed by atoms with E-state index in [9.17, 15) is 9.59 Å². The van der Waals surface area contributed by atoms with Crippen molar-refractivity contribution in [3.8, 4) is 0 Å². The Hall–Kier alpha value is -1.32. The van der Waals surface area contributed by atoms with Crippen molar-refractivity contribution in [2.45, 2.75) is 76.7 Å². The van der Waals surface area contributed by atoms with Gasteiger partial charge in [0.05, 0.1) is 7.11 Å². The smallest absolute Gasteiger partial charge is 0.333 e. The highest BCUT2D eigenvalue weighted by Gasteiger charge is 2.26. The molecule has 0 saturated carbocycles. The lowest BCUT2D eigenvalue weighted by atomic mass is 10.0. The number of cyclic esters (lactones) is 1. The minimum Gasteiger partial charge on any atom is -0.469 e. The molecule has 1 heterocycles. The fraction of sp³-hybridized carbons (Fsp3) is 0.765. The molecule has 1 atom stereocenters. The Morgan fingerprint density at radius 2 is 1.71 bits per heavy atom. The van der Waals surface area contributed by atoms with Crippen LogP contribution in [0.15, 0.2) is 12.2 Å². The number of carbonyl (C=O) groups excluding carboxylic acids is 2. The van der Waals surface area contributed by atoms with Gasteiger partial charge in [0.2, 0.25) is 0 Å². The maximum absolute atomic E-state index is 11.2. The van der Waals surface area contributed by atoms with Crippen LogP contribution in [0.1, 0.15) is 70.6 Å². The molecule has 0 aliphatic carbocycles. The van der Waals surface area contributed by atoms with Crippen molar-refractivity contribution in [3.05, 3.63) is 12.2 Å². The van der Waals surface area contributed by atoms with E-state index in [-0.39, 0.29) is 18.0 Å². The van der Waals surface area contributed by atoms with E-state index in [0.717, 1.165) is 25.7 Å². The van der Waals surface area contributed by atoms with Crippen LogP contribution in [0.5, 0.6) is 0 Å². The van der Waals surface area contributed by atoms with Crippen LogP contribution in [-0.2, 0) is 19.1 Å². The monoisotopic (exact) mass is 296 g/mol. The molecule has 1 aliphatic heterocycles. The van der Waals surface area contributed by atoms with Gasteiger partial charge < -0.3 is 9.47 Å². The molecule has 0 aromatic heterocycles. The van der Waals surface area contributed by atoms with Gasteiger partial charge in [-0.2, -0.15) is 0 Å². The molecular weight excluding hydrogens is 268 g/mol. The first-order valence-electron chi connectivity index (χ1n) is 8.09. The molecule has 21 heavy (non-hydrogen) atoms. The van der Waals surface area contributed by atoms with E-state index in [1.165, 1.54) is 39.2 Å². The molecule has 0 bridgehead atoms. The van der Waals surface area contributed by atoms with Crippen molar-refractivity contribution < 1.29 is 19.1 Å². The Bertz CT molecular complexity index is 333. The average Bonchev–Trinajstić information content (AvgIpc) is 2.79. The lowest BCUT2D eigenvalue weighted by molar-refractivity contribution is -0.141. The van der Waals surface area contributed by atoms with E-state index in [1.54, 1.807) is 0 Å². The van der Waals surface area contributed by atoms with Crippen LogP contribution >= 0.6 is 0 Å². The highest BCUT2D eigenvalue weighted by Crippen LogP contribution is 2.23. The highest BCUT2D eigenvalue weighted by atomic mass is 16.5. The zero-order chi connectivity index (χ0) is 15.5. The molecule has 0 amide bonds. The third-order valence-corrected chi connectivity index (χ3v) is 3.92. The summed E-state index contributed by atoms with van der Waals surface area (Å²) in [7, 11) is 1.44. The Morgan fingerprint density at radius 3 is 2.24 bits per heavy atom. The van der Waals surface area contributed by atoms with E-state index in [4.69, 9.17) is 4.74 Å². The first kappa shape index (κ1) is 17.7. The molecule has 1 saturated heterocycles. The predicted octanol–water partition coefficient (Wildman–Crippen LogP) is 3.93. The number of unbranched alkanes of at least 4 members (excludes halogenated alkanes) is 7. The van der Waals surface area contributed by atoms with Gasteiger partial charge in [0, 0.05) is 18.4 Å². The van der Waals surface area contributed by atoms with Crippen LogP contribution < -0.4 is 0 Å². The molecule has 0 aromatic rings. The van der Waals surface area contributed by atoms with Crippen LogP contribution in [-0.4, -0.2) is 25.2 Å². The molecular formula is C17H28O4. The van der Waals surface area contributed by atoms with Gasteiger partial charge in [0.15, 0.2) is 0 Å². The minimum absolute atomic E-state index is 0.0725. The van der Waals surface area contributed by atoms with Crippen LogP contribution in [0.2, 0.25) is 0 Å². The zero-order valence-electron chi connectivity index (χ0n) is 13.2. The van der Waals surface area contributed by atoms with Crippen LogP contribution in [0.25, 0.3) is 0 Å². The molecule has 1 unspecified atom stereocenters. The van der Waals surface area contributed by atoms with Crippen molar-refractivity contribution in [1.29, 1.82) is 0 Å². The first-order valence-corrected chi connectivity index (χ1v) is 8.09. The summed E-state index contributed by atoms with van der Waals surface area (Å²) in [5, 5.41) is 0. The maximum Gasteiger partial charge on any atom is 0.333 e. The van der Waals surface area contributed by atoms with Crippen molar-refractivity contribution in [1.82, 2.24) is 0 Å². The summed E-state index contributed by atoms with van der Waals surface area (Å²) in [6.07, 6.45) is 11.5. The van der Waals surface area contributed by atoms with E-state index < -0.39 is 0 Å². The summed E-state index contributed by atoms with van der Waals surface area (Å²) in [5.41, 5.74) is 0.618. The fourth-order valence-corrected chi connectivity index (χ4v) is 2.60. The Balaban J connectivity index is 1.82. The summed E-state index contributed by atoms with van der Waals surface area (Å²) >= 11 is 0. The summed E-state index contributed by atoms with van der Waals surface area (Å²) in [5.74, 6) is -0.322. The SMILES string of the molecule is C=C1CC(CCCCCCCCCCC(=O)OC)OC1=O. The normalized spacial score (nSPS) is 17.9. The number of hydrogen-bond donors (Lipinski definition) is 0. The maximum atomic E-state index is 11.2. The van der Waals surface area contributed by atoms with E-state index in [2.05, 4.69) is 11.3 Å². The standard InChI is InChI=1S/C17H28O4/c1-14-13-15(21-17(14)19)11-9-7-5-3-4-6-8-10-12-16(18)20-2/h15H,1,3-13H2,2H3. The minimum atomic E-state index is -0.216. The lowest BCUT2D eigenvalue weighted by Crippen LogP contribution is -2.06.